The van der Waals surface area contributed by atoms with Crippen LogP contribution in [-0.2, 0) is 0 Å². The van der Waals surface area contributed by atoms with E-state index in [1.165, 1.54) is 38.6 Å². The van der Waals surface area contributed by atoms with Crippen LogP contribution in [0.3, 0.4) is 0 Å². The fraction of sp³-hybridized carbons (Fsp3) is 0. The number of ether oxygens (including phenoxy) is 1. The van der Waals surface area contributed by atoms with Crippen molar-refractivity contribution in [3.05, 3.63) is 79.6 Å². The molecule has 4 aromatic carbocycles. The lowest BCUT2D eigenvalue weighted by molar-refractivity contribution is 0.484. The molecule has 0 aromatic heterocycles. The molecular formula is C20H14O. The monoisotopic (exact) mass is 270 g/mol. The first-order valence-electron chi connectivity index (χ1n) is 6.99. The van der Waals surface area contributed by atoms with Gasteiger partial charge in [0.2, 0.25) is 0 Å². The van der Waals surface area contributed by atoms with E-state index in [-0.39, 0.29) is 0 Å². The third-order valence-electron chi connectivity index (χ3n) is 3.94. The largest absolute Gasteiger partial charge is 0.466 e. The molecule has 1 nitrogen and oxygen atoms in total. The predicted molar refractivity (Wildman–Crippen MR) is 89.8 cm³/mol. The Bertz CT molecular complexity index is 947. The SMILES string of the molecule is C=COc1ccc2c3ccccc3c3ccccc3c2c1. The summed E-state index contributed by atoms with van der Waals surface area (Å²) in [6.45, 7) is 3.63. The smallest absolute Gasteiger partial charge is 0.127 e. The first-order valence-corrected chi connectivity index (χ1v) is 6.99. The van der Waals surface area contributed by atoms with E-state index >= 15 is 0 Å². The van der Waals surface area contributed by atoms with Crippen molar-refractivity contribution in [1.82, 2.24) is 0 Å². The molecule has 100 valence electrons. The average molecular weight is 270 g/mol. The molecule has 0 spiro atoms. The highest BCUT2D eigenvalue weighted by molar-refractivity contribution is 6.25. The number of fused-ring (bicyclic) bond motifs is 6. The van der Waals surface area contributed by atoms with Crippen LogP contribution in [0, 0.1) is 0 Å². The van der Waals surface area contributed by atoms with Gasteiger partial charge in [-0.25, -0.2) is 0 Å². The molecule has 21 heavy (non-hydrogen) atoms. The van der Waals surface area contributed by atoms with Crippen LogP contribution in [0.4, 0.5) is 0 Å². The van der Waals surface area contributed by atoms with E-state index in [9.17, 15) is 0 Å². The molecule has 0 aliphatic rings. The van der Waals surface area contributed by atoms with Crippen molar-refractivity contribution in [3.63, 3.8) is 0 Å². The van der Waals surface area contributed by atoms with Crippen LogP contribution in [0.5, 0.6) is 5.75 Å². The van der Waals surface area contributed by atoms with Crippen molar-refractivity contribution in [3.8, 4) is 5.75 Å². The highest BCUT2D eigenvalue weighted by Gasteiger charge is 2.08. The summed E-state index contributed by atoms with van der Waals surface area (Å²) in [7, 11) is 0. The number of rotatable bonds is 2. The van der Waals surface area contributed by atoms with Gasteiger partial charge in [-0.1, -0.05) is 61.2 Å². The van der Waals surface area contributed by atoms with Crippen molar-refractivity contribution < 1.29 is 4.74 Å². The molecule has 0 heterocycles. The normalized spacial score (nSPS) is 11.0. The van der Waals surface area contributed by atoms with Crippen molar-refractivity contribution in [2.24, 2.45) is 0 Å². The molecular weight excluding hydrogens is 256 g/mol. The molecule has 0 saturated carbocycles. The molecule has 0 N–H and O–H groups in total. The molecule has 0 aliphatic heterocycles. The van der Waals surface area contributed by atoms with Crippen LogP contribution in [-0.4, -0.2) is 0 Å². The van der Waals surface area contributed by atoms with Crippen LogP contribution >= 0.6 is 0 Å². The summed E-state index contributed by atoms with van der Waals surface area (Å²) in [5.74, 6) is 0.818. The van der Waals surface area contributed by atoms with Gasteiger partial charge >= 0.3 is 0 Å². The molecule has 1 heteroatoms. The van der Waals surface area contributed by atoms with E-state index in [0.717, 1.165) is 5.75 Å². The zero-order valence-electron chi connectivity index (χ0n) is 11.5. The van der Waals surface area contributed by atoms with Crippen LogP contribution in [0.25, 0.3) is 32.3 Å². The fourth-order valence-corrected chi connectivity index (χ4v) is 3.06. The molecule has 0 saturated heterocycles. The molecule has 0 amide bonds. The van der Waals surface area contributed by atoms with E-state index in [2.05, 4.69) is 67.2 Å². The third kappa shape index (κ3) is 1.78. The predicted octanol–water partition coefficient (Wildman–Crippen LogP) is 5.67. The third-order valence-corrected chi connectivity index (χ3v) is 3.94. The molecule has 0 bridgehead atoms. The quantitative estimate of drug-likeness (QED) is 0.337. The minimum Gasteiger partial charge on any atom is -0.466 e. The van der Waals surface area contributed by atoms with E-state index in [0.29, 0.717) is 0 Å². The van der Waals surface area contributed by atoms with E-state index in [1.54, 1.807) is 0 Å². The summed E-state index contributed by atoms with van der Waals surface area (Å²) in [6, 6.07) is 23.3. The topological polar surface area (TPSA) is 9.23 Å². The summed E-state index contributed by atoms with van der Waals surface area (Å²) >= 11 is 0. The molecule has 0 unspecified atom stereocenters. The lowest BCUT2D eigenvalue weighted by atomic mass is 9.94. The maximum absolute atomic E-state index is 5.44. The summed E-state index contributed by atoms with van der Waals surface area (Å²) in [5.41, 5.74) is 0. The van der Waals surface area contributed by atoms with Gasteiger partial charge in [0, 0.05) is 0 Å². The van der Waals surface area contributed by atoms with Gasteiger partial charge in [-0.2, -0.15) is 0 Å². The van der Waals surface area contributed by atoms with Crippen molar-refractivity contribution in [2.75, 3.05) is 0 Å². The maximum Gasteiger partial charge on any atom is 0.127 e. The second-order valence-electron chi connectivity index (χ2n) is 5.08. The lowest BCUT2D eigenvalue weighted by Crippen LogP contribution is -1.85. The Morgan fingerprint density at radius 3 is 1.62 bits per heavy atom. The van der Waals surface area contributed by atoms with E-state index in [1.807, 2.05) is 6.07 Å². The van der Waals surface area contributed by atoms with Crippen LogP contribution in [0.2, 0.25) is 0 Å². The zero-order valence-corrected chi connectivity index (χ0v) is 11.5. The van der Waals surface area contributed by atoms with Crippen LogP contribution in [0.15, 0.2) is 79.6 Å². The summed E-state index contributed by atoms with van der Waals surface area (Å²) in [4.78, 5) is 0. The van der Waals surface area contributed by atoms with Gasteiger partial charge in [0.1, 0.15) is 5.75 Å². The highest BCUT2D eigenvalue weighted by Crippen LogP contribution is 2.36. The van der Waals surface area contributed by atoms with Crippen LogP contribution < -0.4 is 4.74 Å². The molecule has 0 aliphatic carbocycles. The highest BCUT2D eigenvalue weighted by atomic mass is 16.5. The molecule has 0 atom stereocenters. The van der Waals surface area contributed by atoms with E-state index < -0.39 is 0 Å². The molecule has 4 aromatic rings. The Morgan fingerprint density at radius 1 is 0.619 bits per heavy atom. The second-order valence-corrected chi connectivity index (χ2v) is 5.08. The first-order chi connectivity index (χ1) is 10.4. The van der Waals surface area contributed by atoms with Crippen molar-refractivity contribution in [2.45, 2.75) is 0 Å². The van der Waals surface area contributed by atoms with Gasteiger partial charge in [0.25, 0.3) is 0 Å². The minimum atomic E-state index is 0.818. The van der Waals surface area contributed by atoms with Gasteiger partial charge in [-0.15, -0.1) is 0 Å². The Kier molecular flexibility index (Phi) is 2.65. The Hall–Kier alpha value is -2.80. The van der Waals surface area contributed by atoms with Crippen molar-refractivity contribution >= 4 is 32.3 Å². The van der Waals surface area contributed by atoms with Gasteiger partial charge in [0.05, 0.1) is 6.26 Å². The second kappa shape index (κ2) is 4.64. The molecule has 0 fully saturated rings. The van der Waals surface area contributed by atoms with Gasteiger partial charge < -0.3 is 4.74 Å². The fourth-order valence-electron chi connectivity index (χ4n) is 3.06. The van der Waals surface area contributed by atoms with Gasteiger partial charge in [0.15, 0.2) is 0 Å². The summed E-state index contributed by atoms with van der Waals surface area (Å²) in [6.07, 6.45) is 1.46. The minimum absolute atomic E-state index is 0.818. The number of hydrogen-bond donors (Lipinski definition) is 0. The maximum atomic E-state index is 5.44. The van der Waals surface area contributed by atoms with Gasteiger partial charge in [-0.05, 0) is 44.5 Å². The average Bonchev–Trinajstić information content (AvgIpc) is 2.55. The Morgan fingerprint density at radius 2 is 1.10 bits per heavy atom. The lowest BCUT2D eigenvalue weighted by Gasteiger charge is -2.11. The molecule has 0 radical (unpaired) electrons. The number of hydrogen-bond acceptors (Lipinski definition) is 1. The van der Waals surface area contributed by atoms with E-state index in [4.69, 9.17) is 4.74 Å². The van der Waals surface area contributed by atoms with Gasteiger partial charge in [-0.3, -0.25) is 0 Å². The standard InChI is InChI=1S/C20H14O/c1-2-21-14-11-12-19-17-9-4-3-7-15(17)16-8-5-6-10-18(16)20(19)13-14/h2-13H,1H2. The first kappa shape index (κ1) is 12.0. The zero-order chi connectivity index (χ0) is 14.2. The number of benzene rings is 4. The summed E-state index contributed by atoms with van der Waals surface area (Å²) in [5, 5.41) is 7.55. The van der Waals surface area contributed by atoms with Crippen molar-refractivity contribution in [1.29, 1.82) is 0 Å². The molecule has 4 rings (SSSR count). The summed E-state index contributed by atoms with van der Waals surface area (Å²) < 4.78 is 5.44. The Labute approximate surface area is 123 Å². The van der Waals surface area contributed by atoms with Crippen LogP contribution in [0.1, 0.15) is 0 Å². The Balaban J connectivity index is 2.27.